The molecule has 1 amide bonds. The fourth-order valence-electron chi connectivity index (χ4n) is 3.73. The van der Waals surface area contributed by atoms with Gasteiger partial charge in [-0.1, -0.05) is 36.4 Å². The summed E-state index contributed by atoms with van der Waals surface area (Å²) >= 11 is 0. The summed E-state index contributed by atoms with van der Waals surface area (Å²) in [4.78, 5) is 12.2. The first-order chi connectivity index (χ1) is 16.8. The molecule has 3 aromatic carbocycles. The van der Waals surface area contributed by atoms with Gasteiger partial charge in [-0.05, 0) is 54.4 Å². The monoisotopic (exact) mass is 514 g/mol. The number of sulfonamides is 1. The lowest BCUT2D eigenvalue weighted by Gasteiger charge is -2.26. The average molecular weight is 515 g/mol. The Morgan fingerprint density at radius 1 is 0.800 bits per heavy atom. The van der Waals surface area contributed by atoms with Crippen LogP contribution in [-0.4, -0.2) is 59.9 Å². The van der Waals surface area contributed by atoms with Crippen molar-refractivity contribution in [2.24, 2.45) is 0 Å². The summed E-state index contributed by atoms with van der Waals surface area (Å²) in [5, 5.41) is 2.82. The van der Waals surface area contributed by atoms with E-state index in [-0.39, 0.29) is 33.7 Å². The highest BCUT2D eigenvalue weighted by Gasteiger charge is 2.28. The van der Waals surface area contributed by atoms with Crippen LogP contribution in [0.1, 0.15) is 15.9 Å². The van der Waals surface area contributed by atoms with E-state index in [1.807, 2.05) is 30.3 Å². The second-order valence-corrected chi connectivity index (χ2v) is 11.9. The van der Waals surface area contributed by atoms with Crippen LogP contribution in [0.3, 0.4) is 0 Å². The molecule has 0 aromatic heterocycles. The lowest BCUT2D eigenvalue weighted by molar-refractivity contribution is 0.0730. The summed E-state index contributed by atoms with van der Waals surface area (Å²) in [6, 6.07) is 20.7. The molecule has 10 heteroatoms. The van der Waals surface area contributed by atoms with Crippen LogP contribution >= 0.6 is 0 Å². The Morgan fingerprint density at radius 3 is 2.14 bits per heavy atom. The Labute approximate surface area is 205 Å². The number of carbonyl (C=O) groups excluding carboxylic acids is 1. The third kappa shape index (κ3) is 5.79. The molecule has 1 N–H and O–H groups in total. The van der Waals surface area contributed by atoms with Crippen molar-refractivity contribution in [1.82, 2.24) is 9.62 Å². The van der Waals surface area contributed by atoms with Crippen LogP contribution in [0.2, 0.25) is 0 Å². The third-order valence-electron chi connectivity index (χ3n) is 5.69. The molecule has 35 heavy (non-hydrogen) atoms. The van der Waals surface area contributed by atoms with Crippen LogP contribution in [-0.2, 0) is 31.0 Å². The average Bonchev–Trinajstić information content (AvgIpc) is 2.90. The van der Waals surface area contributed by atoms with Crippen molar-refractivity contribution in [1.29, 1.82) is 0 Å². The van der Waals surface area contributed by atoms with Crippen molar-refractivity contribution >= 4 is 25.8 Å². The summed E-state index contributed by atoms with van der Waals surface area (Å²) in [6.07, 6.45) is 0.683. The molecule has 0 bridgehead atoms. The quantitative estimate of drug-likeness (QED) is 0.495. The van der Waals surface area contributed by atoms with Gasteiger partial charge in [0.2, 0.25) is 19.9 Å². The molecule has 1 aliphatic rings. The van der Waals surface area contributed by atoms with Crippen molar-refractivity contribution in [2.45, 2.75) is 21.1 Å². The highest BCUT2D eigenvalue weighted by Crippen LogP contribution is 2.25. The summed E-state index contributed by atoms with van der Waals surface area (Å²) in [5.41, 5.74) is 1.44. The zero-order valence-electron chi connectivity index (χ0n) is 19.0. The molecule has 0 radical (unpaired) electrons. The van der Waals surface area contributed by atoms with E-state index in [2.05, 4.69) is 5.32 Å². The smallest absolute Gasteiger partial charge is 0.251 e. The Hall–Kier alpha value is -3.05. The fraction of sp³-hybridized carbons (Fsp3) is 0.240. The molecule has 0 aliphatic carbocycles. The van der Waals surface area contributed by atoms with Crippen molar-refractivity contribution in [3.63, 3.8) is 0 Å². The molecule has 1 fully saturated rings. The fourth-order valence-corrected chi connectivity index (χ4v) is 6.56. The van der Waals surface area contributed by atoms with E-state index in [1.165, 1.54) is 52.8 Å². The number of sulfone groups is 1. The van der Waals surface area contributed by atoms with Gasteiger partial charge in [0, 0.05) is 25.2 Å². The summed E-state index contributed by atoms with van der Waals surface area (Å²) < 4.78 is 58.7. The molecule has 0 saturated carbocycles. The second-order valence-electron chi connectivity index (χ2n) is 8.01. The molecular formula is C25H26N2O6S2. The molecule has 1 saturated heterocycles. The SMILES string of the molecule is O=C(NCCc1ccccc1)c1ccc(S(=O)(=O)c2cccc(S(=O)(=O)N3CCOCC3)c2)cc1. The Bertz CT molecular complexity index is 1380. The Kier molecular flexibility index (Phi) is 7.66. The maximum absolute atomic E-state index is 13.2. The standard InChI is InChI=1S/C25H26N2O6S2/c28-25(26-14-13-20-5-2-1-3-6-20)21-9-11-22(12-10-21)34(29,30)23-7-4-8-24(19-23)35(31,32)27-15-17-33-18-16-27/h1-12,19H,13-18H2,(H,26,28). The highest BCUT2D eigenvalue weighted by atomic mass is 32.2. The summed E-state index contributed by atoms with van der Waals surface area (Å²) in [5.74, 6) is -0.302. The molecule has 0 unspecified atom stereocenters. The first kappa shape index (κ1) is 25.1. The third-order valence-corrected chi connectivity index (χ3v) is 9.35. The van der Waals surface area contributed by atoms with E-state index in [1.54, 1.807) is 0 Å². The van der Waals surface area contributed by atoms with Crippen molar-refractivity contribution in [2.75, 3.05) is 32.8 Å². The number of nitrogens with zero attached hydrogens (tertiary/aromatic N) is 1. The number of amides is 1. The van der Waals surface area contributed by atoms with Crippen LogP contribution < -0.4 is 5.32 Å². The van der Waals surface area contributed by atoms with Crippen molar-refractivity contribution in [3.05, 3.63) is 90.0 Å². The Balaban J connectivity index is 1.47. The van der Waals surface area contributed by atoms with E-state index in [4.69, 9.17) is 4.74 Å². The molecule has 1 heterocycles. The summed E-state index contributed by atoms with van der Waals surface area (Å²) in [7, 11) is -7.83. The molecule has 1 aliphatic heterocycles. The predicted molar refractivity (Wildman–Crippen MR) is 130 cm³/mol. The van der Waals surface area contributed by atoms with Crippen molar-refractivity contribution in [3.8, 4) is 0 Å². The maximum Gasteiger partial charge on any atom is 0.251 e. The van der Waals surface area contributed by atoms with Gasteiger partial charge in [-0.3, -0.25) is 4.79 Å². The van der Waals surface area contributed by atoms with Gasteiger partial charge in [0.25, 0.3) is 5.91 Å². The van der Waals surface area contributed by atoms with Gasteiger partial charge >= 0.3 is 0 Å². The van der Waals surface area contributed by atoms with Gasteiger partial charge in [-0.15, -0.1) is 0 Å². The van der Waals surface area contributed by atoms with Gasteiger partial charge in [0.05, 0.1) is 27.9 Å². The molecule has 0 spiro atoms. The zero-order valence-corrected chi connectivity index (χ0v) is 20.6. The number of hydrogen-bond acceptors (Lipinski definition) is 6. The minimum atomic E-state index is -3.99. The van der Waals surface area contributed by atoms with Crippen LogP contribution in [0.5, 0.6) is 0 Å². The zero-order chi connectivity index (χ0) is 24.9. The topological polar surface area (TPSA) is 110 Å². The second kappa shape index (κ2) is 10.7. The lowest BCUT2D eigenvalue weighted by atomic mass is 10.1. The highest BCUT2D eigenvalue weighted by molar-refractivity contribution is 7.91. The van der Waals surface area contributed by atoms with Crippen LogP contribution in [0.25, 0.3) is 0 Å². The van der Waals surface area contributed by atoms with Gasteiger partial charge < -0.3 is 10.1 Å². The number of benzene rings is 3. The number of ether oxygens (including phenoxy) is 1. The van der Waals surface area contributed by atoms with E-state index in [9.17, 15) is 21.6 Å². The van der Waals surface area contributed by atoms with E-state index in [0.717, 1.165) is 5.56 Å². The minimum Gasteiger partial charge on any atom is -0.379 e. The number of nitrogens with one attached hydrogen (secondary N) is 1. The lowest BCUT2D eigenvalue weighted by Crippen LogP contribution is -2.40. The van der Waals surface area contributed by atoms with Gasteiger partial charge in [-0.25, -0.2) is 16.8 Å². The molecule has 0 atom stereocenters. The van der Waals surface area contributed by atoms with Crippen LogP contribution in [0, 0.1) is 0 Å². The normalized spacial score (nSPS) is 15.0. The number of morpholine rings is 1. The summed E-state index contributed by atoms with van der Waals surface area (Å²) in [6.45, 7) is 1.47. The van der Waals surface area contributed by atoms with Crippen LogP contribution in [0.15, 0.2) is 93.5 Å². The minimum absolute atomic E-state index is 0.0285. The molecular weight excluding hydrogens is 488 g/mol. The first-order valence-electron chi connectivity index (χ1n) is 11.1. The predicted octanol–water partition coefficient (Wildman–Crippen LogP) is 2.51. The van der Waals surface area contributed by atoms with Gasteiger partial charge in [0.15, 0.2) is 0 Å². The van der Waals surface area contributed by atoms with Gasteiger partial charge in [0.1, 0.15) is 0 Å². The van der Waals surface area contributed by atoms with E-state index in [0.29, 0.717) is 31.7 Å². The number of hydrogen-bond donors (Lipinski definition) is 1. The molecule has 8 nitrogen and oxygen atoms in total. The van der Waals surface area contributed by atoms with Crippen LogP contribution in [0.4, 0.5) is 0 Å². The number of rotatable bonds is 8. The first-order valence-corrected chi connectivity index (χ1v) is 14.1. The molecule has 3 aromatic rings. The van der Waals surface area contributed by atoms with Crippen molar-refractivity contribution < 1.29 is 26.4 Å². The largest absolute Gasteiger partial charge is 0.379 e. The molecule has 184 valence electrons. The maximum atomic E-state index is 13.2. The van der Waals surface area contributed by atoms with E-state index >= 15 is 0 Å². The number of carbonyl (C=O) groups is 1. The molecule has 4 rings (SSSR count). The van der Waals surface area contributed by atoms with E-state index < -0.39 is 19.9 Å². The Morgan fingerprint density at radius 2 is 1.46 bits per heavy atom. The van der Waals surface area contributed by atoms with Gasteiger partial charge in [-0.2, -0.15) is 4.31 Å².